The molecule has 1 rings (SSSR count). The quantitative estimate of drug-likeness (QED) is 0.489. The van der Waals surface area contributed by atoms with Gasteiger partial charge in [-0.3, -0.25) is 14.8 Å². The van der Waals surface area contributed by atoms with Crippen LogP contribution in [0, 0.1) is 0 Å². The summed E-state index contributed by atoms with van der Waals surface area (Å²) in [5.41, 5.74) is 2.90. The van der Waals surface area contributed by atoms with Gasteiger partial charge in [-0.05, 0) is 51.0 Å². The van der Waals surface area contributed by atoms with Gasteiger partial charge in [0.05, 0.1) is 6.61 Å². The molecule has 27 heavy (non-hydrogen) atoms. The molecule has 0 atom stereocenters. The van der Waals surface area contributed by atoms with Gasteiger partial charge in [-0.1, -0.05) is 25.1 Å². The predicted molar refractivity (Wildman–Crippen MR) is 115 cm³/mol. The van der Waals surface area contributed by atoms with Gasteiger partial charge in [0.1, 0.15) is 17.4 Å². The number of allylic oxidation sites excluding steroid dienone is 3. The van der Waals surface area contributed by atoms with Crippen LogP contribution in [0.5, 0.6) is 5.75 Å². The molecule has 1 aromatic rings. The lowest BCUT2D eigenvalue weighted by molar-refractivity contribution is -0.117. The molecule has 0 aliphatic carbocycles. The second-order valence-electron chi connectivity index (χ2n) is 6.15. The molecule has 0 saturated heterocycles. The van der Waals surface area contributed by atoms with E-state index in [1.54, 1.807) is 14.0 Å². The zero-order chi connectivity index (χ0) is 20.1. The number of carbonyl (C=O) groups is 1. The van der Waals surface area contributed by atoms with Crippen LogP contribution in [0.4, 0.5) is 0 Å². The first-order chi connectivity index (χ1) is 13.0. The molecule has 0 fully saturated rings. The van der Waals surface area contributed by atoms with E-state index in [2.05, 4.69) is 22.2 Å². The number of ketones is 1. The number of ether oxygens (including phenoxy) is 1. The number of nitrogens with zero attached hydrogens (tertiary/aromatic N) is 2. The summed E-state index contributed by atoms with van der Waals surface area (Å²) in [6, 6.07) is 7.80. The van der Waals surface area contributed by atoms with Gasteiger partial charge < -0.3 is 10.1 Å². The minimum atomic E-state index is 0.118. The summed E-state index contributed by atoms with van der Waals surface area (Å²) in [5.74, 6) is 1.68. The minimum absolute atomic E-state index is 0.118. The third-order valence-corrected chi connectivity index (χ3v) is 3.68. The standard InChI is InChI=1S/C22H31N3O2/c1-6-9-22(24-13-7-2)25-18(4)21(16-23-5)19-10-8-11-20(15-19)27-14-12-17(3)26/h6,8-11,15-16H,7,12-14H2,1-5H3,(H,24,25)/b9-6-,21-18-,23-16?. The molecule has 0 bridgehead atoms. The first kappa shape index (κ1) is 22.4. The molecule has 1 aromatic carbocycles. The van der Waals surface area contributed by atoms with E-state index >= 15 is 0 Å². The molecular weight excluding hydrogens is 338 g/mol. The highest BCUT2D eigenvalue weighted by Crippen LogP contribution is 2.21. The van der Waals surface area contributed by atoms with Crippen molar-refractivity contribution < 1.29 is 9.53 Å². The Morgan fingerprint density at radius 2 is 2.07 bits per heavy atom. The van der Waals surface area contributed by atoms with Crippen LogP contribution < -0.4 is 10.1 Å². The van der Waals surface area contributed by atoms with Crippen LogP contribution in [0.15, 0.2) is 52.1 Å². The van der Waals surface area contributed by atoms with Gasteiger partial charge >= 0.3 is 0 Å². The summed E-state index contributed by atoms with van der Waals surface area (Å²) < 4.78 is 5.70. The van der Waals surface area contributed by atoms with Gasteiger partial charge in [-0.15, -0.1) is 0 Å². The van der Waals surface area contributed by atoms with E-state index in [9.17, 15) is 4.79 Å². The maximum atomic E-state index is 11.1. The van der Waals surface area contributed by atoms with Gasteiger partial charge in [0, 0.05) is 37.5 Å². The predicted octanol–water partition coefficient (Wildman–Crippen LogP) is 4.45. The van der Waals surface area contributed by atoms with Gasteiger partial charge in [0.25, 0.3) is 0 Å². The van der Waals surface area contributed by atoms with Crippen molar-refractivity contribution in [2.45, 2.75) is 40.5 Å². The van der Waals surface area contributed by atoms with E-state index in [4.69, 9.17) is 4.74 Å². The fourth-order valence-electron chi connectivity index (χ4n) is 2.37. The number of carbonyl (C=O) groups excluding carboxylic acids is 1. The van der Waals surface area contributed by atoms with Crippen molar-refractivity contribution >= 4 is 23.4 Å². The number of Topliss-reactive ketones (excluding diaryl/α,β-unsaturated/α-hetero) is 1. The summed E-state index contributed by atoms with van der Waals surface area (Å²) in [6.07, 6.45) is 7.15. The molecule has 0 aliphatic heterocycles. The van der Waals surface area contributed by atoms with Crippen molar-refractivity contribution in [1.82, 2.24) is 5.32 Å². The van der Waals surface area contributed by atoms with E-state index in [0.29, 0.717) is 13.0 Å². The molecule has 0 radical (unpaired) electrons. The molecular formula is C22H31N3O2. The molecule has 146 valence electrons. The Bertz CT molecular complexity index is 731. The average molecular weight is 370 g/mol. The lowest BCUT2D eigenvalue weighted by atomic mass is 10.0. The number of benzene rings is 1. The Morgan fingerprint density at radius 1 is 1.30 bits per heavy atom. The first-order valence-corrected chi connectivity index (χ1v) is 9.31. The van der Waals surface area contributed by atoms with Gasteiger partial charge in [0.2, 0.25) is 0 Å². The number of rotatable bonds is 10. The Labute approximate surface area is 163 Å². The zero-order valence-corrected chi connectivity index (χ0v) is 17.1. The number of aliphatic imine (C=N–C) groups is 2. The topological polar surface area (TPSA) is 63.1 Å². The Hall–Kier alpha value is -2.69. The van der Waals surface area contributed by atoms with Crippen molar-refractivity contribution in [1.29, 1.82) is 0 Å². The van der Waals surface area contributed by atoms with Crippen molar-refractivity contribution in [3.05, 3.63) is 47.7 Å². The molecule has 5 nitrogen and oxygen atoms in total. The summed E-state index contributed by atoms with van der Waals surface area (Å²) in [6.45, 7) is 8.80. The van der Waals surface area contributed by atoms with Gasteiger partial charge in [-0.25, -0.2) is 0 Å². The fourth-order valence-corrected chi connectivity index (χ4v) is 2.37. The molecule has 0 aliphatic rings. The molecule has 0 heterocycles. The number of nitrogens with one attached hydrogen (secondary N) is 1. The SMILES string of the molecule is C/C=C\C(=NCCC)N/C(C)=C(/C=NC)c1cccc(OCCC(C)=O)c1. The fraction of sp³-hybridized carbons (Fsp3) is 0.409. The van der Waals surface area contributed by atoms with Crippen LogP contribution >= 0.6 is 0 Å². The summed E-state index contributed by atoms with van der Waals surface area (Å²) in [7, 11) is 1.75. The Balaban J connectivity index is 3.11. The lowest BCUT2D eigenvalue weighted by Gasteiger charge is -2.13. The van der Waals surface area contributed by atoms with E-state index in [0.717, 1.165) is 41.4 Å². The van der Waals surface area contributed by atoms with E-state index < -0.39 is 0 Å². The third kappa shape index (κ3) is 8.49. The monoisotopic (exact) mass is 369 g/mol. The van der Waals surface area contributed by atoms with Crippen LogP contribution in [-0.2, 0) is 4.79 Å². The number of hydrogen-bond donors (Lipinski definition) is 1. The maximum Gasteiger partial charge on any atom is 0.133 e. The molecule has 1 N–H and O–H groups in total. The number of amidine groups is 1. The highest BCUT2D eigenvalue weighted by atomic mass is 16.5. The third-order valence-electron chi connectivity index (χ3n) is 3.68. The molecule has 0 amide bonds. The normalized spacial score (nSPS) is 13.1. The van der Waals surface area contributed by atoms with Gasteiger partial charge in [0.15, 0.2) is 0 Å². The number of hydrogen-bond acceptors (Lipinski definition) is 4. The van der Waals surface area contributed by atoms with Crippen molar-refractivity contribution in [3.63, 3.8) is 0 Å². The first-order valence-electron chi connectivity index (χ1n) is 9.31. The summed E-state index contributed by atoms with van der Waals surface area (Å²) in [5, 5.41) is 3.38. The second-order valence-corrected chi connectivity index (χ2v) is 6.15. The second kappa shape index (κ2) is 12.6. The largest absolute Gasteiger partial charge is 0.493 e. The van der Waals surface area contributed by atoms with Crippen molar-refractivity contribution in [3.8, 4) is 5.75 Å². The highest BCUT2D eigenvalue weighted by molar-refractivity contribution is 6.12. The lowest BCUT2D eigenvalue weighted by Crippen LogP contribution is -2.21. The smallest absolute Gasteiger partial charge is 0.133 e. The minimum Gasteiger partial charge on any atom is -0.493 e. The average Bonchev–Trinajstić information content (AvgIpc) is 2.64. The van der Waals surface area contributed by atoms with E-state index in [-0.39, 0.29) is 5.78 Å². The highest BCUT2D eigenvalue weighted by Gasteiger charge is 2.07. The Morgan fingerprint density at radius 3 is 2.70 bits per heavy atom. The van der Waals surface area contributed by atoms with Crippen LogP contribution in [0.2, 0.25) is 0 Å². The Kier molecular flexibility index (Phi) is 10.5. The van der Waals surface area contributed by atoms with Gasteiger partial charge in [-0.2, -0.15) is 0 Å². The molecule has 5 heteroatoms. The maximum absolute atomic E-state index is 11.1. The molecule has 0 unspecified atom stereocenters. The summed E-state index contributed by atoms with van der Waals surface area (Å²) in [4.78, 5) is 19.8. The van der Waals surface area contributed by atoms with Crippen LogP contribution in [-0.4, -0.2) is 38.0 Å². The molecule has 0 spiro atoms. The van der Waals surface area contributed by atoms with Crippen molar-refractivity contribution in [2.24, 2.45) is 9.98 Å². The zero-order valence-electron chi connectivity index (χ0n) is 17.1. The molecule has 0 saturated carbocycles. The van der Waals surface area contributed by atoms with Crippen LogP contribution in [0.1, 0.15) is 46.1 Å². The van der Waals surface area contributed by atoms with Crippen molar-refractivity contribution in [2.75, 3.05) is 20.2 Å². The van der Waals surface area contributed by atoms with E-state index in [1.807, 2.05) is 56.5 Å². The van der Waals surface area contributed by atoms with Crippen LogP contribution in [0.3, 0.4) is 0 Å². The molecule has 0 aromatic heterocycles. The van der Waals surface area contributed by atoms with E-state index in [1.165, 1.54) is 0 Å². The summed E-state index contributed by atoms with van der Waals surface area (Å²) >= 11 is 0. The van der Waals surface area contributed by atoms with Crippen LogP contribution in [0.25, 0.3) is 5.57 Å².